The largest absolute Gasteiger partial charge is 0.296 e. The third-order valence-corrected chi connectivity index (χ3v) is 5.54. The van der Waals surface area contributed by atoms with Gasteiger partial charge in [-0.2, -0.15) is 0 Å². The molecule has 1 saturated heterocycles. The summed E-state index contributed by atoms with van der Waals surface area (Å²) in [5, 5.41) is 0. The Balaban J connectivity index is 1.73. The van der Waals surface area contributed by atoms with Crippen LogP contribution in [0.25, 0.3) is 0 Å². The van der Waals surface area contributed by atoms with E-state index in [0.29, 0.717) is 6.04 Å². The number of nitrogens with zero attached hydrogens (tertiary/aromatic N) is 1. The summed E-state index contributed by atoms with van der Waals surface area (Å²) in [5.41, 5.74) is 4.96. The van der Waals surface area contributed by atoms with Crippen LogP contribution in [0.3, 0.4) is 0 Å². The molecule has 20 heavy (non-hydrogen) atoms. The number of hydrogen-bond donors (Lipinski definition) is 0. The second-order valence-electron chi connectivity index (χ2n) is 6.73. The molecule has 0 unspecified atom stereocenters. The maximum atomic E-state index is 2.81. The van der Waals surface area contributed by atoms with Crippen LogP contribution in [0, 0.1) is 5.92 Å². The zero-order valence-electron chi connectivity index (χ0n) is 12.4. The molecule has 4 rings (SSSR count). The molecule has 106 valence electrons. The molecule has 0 radical (unpaired) electrons. The highest BCUT2D eigenvalue weighted by Gasteiger charge is 2.37. The van der Waals surface area contributed by atoms with Crippen LogP contribution >= 0.6 is 0 Å². The minimum Gasteiger partial charge on any atom is -0.296 e. The molecule has 2 aliphatic carbocycles. The lowest BCUT2D eigenvalue weighted by atomic mass is 9.76. The van der Waals surface area contributed by atoms with Gasteiger partial charge in [0.1, 0.15) is 0 Å². The normalized spacial score (nSPS) is 30.3. The second kappa shape index (κ2) is 5.37. The first-order chi connectivity index (χ1) is 9.93. The predicted octanol–water partition coefficient (Wildman–Crippen LogP) is 4.50. The van der Waals surface area contributed by atoms with E-state index in [1.165, 1.54) is 58.0 Å². The SMILES string of the molecule is C1=C2Cc3ccccc3[C@@H](N3CCCCCC3)[C@@H]2CC1. The summed E-state index contributed by atoms with van der Waals surface area (Å²) in [7, 11) is 0. The molecule has 0 N–H and O–H groups in total. The molecule has 2 atom stereocenters. The third kappa shape index (κ3) is 2.13. The minimum atomic E-state index is 0.673. The summed E-state index contributed by atoms with van der Waals surface area (Å²) >= 11 is 0. The van der Waals surface area contributed by atoms with Gasteiger partial charge in [0.05, 0.1) is 0 Å². The van der Waals surface area contributed by atoms with Gasteiger partial charge in [-0.05, 0) is 56.3 Å². The first kappa shape index (κ1) is 12.6. The van der Waals surface area contributed by atoms with Crippen LogP contribution in [0.15, 0.2) is 35.9 Å². The maximum Gasteiger partial charge on any atom is 0.0416 e. The fourth-order valence-electron chi connectivity index (χ4n) is 4.59. The van der Waals surface area contributed by atoms with Crippen molar-refractivity contribution in [2.24, 2.45) is 5.92 Å². The number of rotatable bonds is 1. The van der Waals surface area contributed by atoms with Crippen LogP contribution in [-0.4, -0.2) is 18.0 Å². The zero-order chi connectivity index (χ0) is 13.4. The second-order valence-corrected chi connectivity index (χ2v) is 6.73. The summed E-state index contributed by atoms with van der Waals surface area (Å²) in [6, 6.07) is 9.89. The summed E-state index contributed by atoms with van der Waals surface area (Å²) < 4.78 is 0. The van der Waals surface area contributed by atoms with Gasteiger partial charge in [-0.15, -0.1) is 0 Å². The molecule has 0 spiro atoms. The molecule has 0 saturated carbocycles. The summed E-state index contributed by atoms with van der Waals surface area (Å²) in [5.74, 6) is 0.808. The van der Waals surface area contributed by atoms with Crippen molar-refractivity contribution in [2.45, 2.75) is 51.0 Å². The molecule has 1 nitrogen and oxygen atoms in total. The Bertz CT molecular complexity index is 508. The first-order valence-electron chi connectivity index (χ1n) is 8.44. The van der Waals surface area contributed by atoms with Crippen molar-refractivity contribution in [2.75, 3.05) is 13.1 Å². The molecule has 1 heteroatoms. The Kier molecular flexibility index (Phi) is 3.39. The lowest BCUT2D eigenvalue weighted by molar-refractivity contribution is 0.154. The molecule has 1 aromatic rings. The zero-order valence-corrected chi connectivity index (χ0v) is 12.4. The summed E-state index contributed by atoms with van der Waals surface area (Å²) in [6.45, 7) is 2.62. The molecule has 0 aromatic heterocycles. The van der Waals surface area contributed by atoms with Gasteiger partial charge < -0.3 is 0 Å². The maximum absolute atomic E-state index is 2.81. The van der Waals surface area contributed by atoms with Crippen molar-refractivity contribution < 1.29 is 0 Å². The molecule has 1 fully saturated rings. The predicted molar refractivity (Wildman–Crippen MR) is 83.7 cm³/mol. The van der Waals surface area contributed by atoms with Crippen LogP contribution in [-0.2, 0) is 6.42 Å². The number of fused-ring (bicyclic) bond motifs is 2. The minimum absolute atomic E-state index is 0.673. The summed E-state index contributed by atoms with van der Waals surface area (Å²) in [4.78, 5) is 2.81. The number of allylic oxidation sites excluding steroid dienone is 1. The average Bonchev–Trinajstić information content (AvgIpc) is 2.78. The molecule has 3 aliphatic rings. The quantitative estimate of drug-likeness (QED) is 0.677. The van der Waals surface area contributed by atoms with Crippen LogP contribution in [0.4, 0.5) is 0 Å². The average molecular weight is 267 g/mol. The Labute approximate surface area is 122 Å². The fourth-order valence-corrected chi connectivity index (χ4v) is 4.59. The van der Waals surface area contributed by atoms with E-state index in [1.54, 1.807) is 16.7 Å². The van der Waals surface area contributed by atoms with Gasteiger partial charge >= 0.3 is 0 Å². The van der Waals surface area contributed by atoms with Crippen molar-refractivity contribution in [3.63, 3.8) is 0 Å². The van der Waals surface area contributed by atoms with Gasteiger partial charge in [0, 0.05) is 12.0 Å². The van der Waals surface area contributed by atoms with E-state index in [0.717, 1.165) is 5.92 Å². The highest BCUT2D eigenvalue weighted by atomic mass is 15.2. The molecular formula is C19H25N. The van der Waals surface area contributed by atoms with Gasteiger partial charge in [-0.3, -0.25) is 4.90 Å². The van der Waals surface area contributed by atoms with Crippen molar-refractivity contribution in [1.82, 2.24) is 4.90 Å². The molecule has 0 bridgehead atoms. The smallest absolute Gasteiger partial charge is 0.0416 e. The lowest BCUT2D eigenvalue weighted by Crippen LogP contribution is -2.37. The van der Waals surface area contributed by atoms with Gasteiger partial charge in [-0.1, -0.05) is 48.8 Å². The van der Waals surface area contributed by atoms with E-state index in [9.17, 15) is 0 Å². The van der Waals surface area contributed by atoms with Crippen LogP contribution in [0.5, 0.6) is 0 Å². The van der Waals surface area contributed by atoms with Crippen molar-refractivity contribution in [3.05, 3.63) is 47.0 Å². The Morgan fingerprint density at radius 2 is 1.75 bits per heavy atom. The molecule has 0 amide bonds. The monoisotopic (exact) mass is 267 g/mol. The van der Waals surface area contributed by atoms with Gasteiger partial charge in [0.2, 0.25) is 0 Å². The topological polar surface area (TPSA) is 3.24 Å². The van der Waals surface area contributed by atoms with E-state index in [4.69, 9.17) is 0 Å². The highest BCUT2D eigenvalue weighted by Crippen LogP contribution is 2.47. The van der Waals surface area contributed by atoms with E-state index < -0.39 is 0 Å². The van der Waals surface area contributed by atoms with Crippen molar-refractivity contribution in [3.8, 4) is 0 Å². The molecule has 1 heterocycles. The van der Waals surface area contributed by atoms with E-state index >= 15 is 0 Å². The van der Waals surface area contributed by atoms with E-state index in [-0.39, 0.29) is 0 Å². The van der Waals surface area contributed by atoms with Crippen molar-refractivity contribution in [1.29, 1.82) is 0 Å². The molecular weight excluding hydrogens is 242 g/mol. The lowest BCUT2D eigenvalue weighted by Gasteiger charge is -2.41. The van der Waals surface area contributed by atoms with Gasteiger partial charge in [0.15, 0.2) is 0 Å². The summed E-state index contributed by atoms with van der Waals surface area (Å²) in [6.07, 6.45) is 12.1. The van der Waals surface area contributed by atoms with E-state index in [1.807, 2.05) is 0 Å². The molecule has 1 aromatic carbocycles. The van der Waals surface area contributed by atoms with Crippen LogP contribution < -0.4 is 0 Å². The molecule has 1 aliphatic heterocycles. The fraction of sp³-hybridized carbons (Fsp3) is 0.579. The third-order valence-electron chi connectivity index (χ3n) is 5.54. The Hall–Kier alpha value is -1.08. The van der Waals surface area contributed by atoms with Gasteiger partial charge in [0.25, 0.3) is 0 Å². The van der Waals surface area contributed by atoms with Gasteiger partial charge in [-0.25, -0.2) is 0 Å². The van der Waals surface area contributed by atoms with Crippen molar-refractivity contribution >= 4 is 0 Å². The Morgan fingerprint density at radius 3 is 2.60 bits per heavy atom. The van der Waals surface area contributed by atoms with E-state index in [2.05, 4.69) is 35.2 Å². The van der Waals surface area contributed by atoms with Crippen LogP contribution in [0.2, 0.25) is 0 Å². The highest BCUT2D eigenvalue weighted by molar-refractivity contribution is 5.41. The number of likely N-dealkylation sites (tertiary alicyclic amines) is 1. The Morgan fingerprint density at radius 1 is 0.950 bits per heavy atom. The standard InChI is InChI=1S/C19H25N/c1-2-6-13-20(12-5-1)19-17-10-4-3-8-15(17)14-16-9-7-11-18(16)19/h3-4,8-10,18-19H,1-2,5-7,11-14H2/t18-,19-/m1/s1. The number of hydrogen-bond acceptors (Lipinski definition) is 1. The number of benzene rings is 1. The first-order valence-corrected chi connectivity index (χ1v) is 8.44. The van der Waals surface area contributed by atoms with Crippen LogP contribution in [0.1, 0.15) is 55.7 Å².